The van der Waals surface area contributed by atoms with E-state index in [-0.39, 0.29) is 11.8 Å². The lowest BCUT2D eigenvalue weighted by Gasteiger charge is -2.29. The van der Waals surface area contributed by atoms with Crippen LogP contribution >= 0.6 is 0 Å². The van der Waals surface area contributed by atoms with Crippen LogP contribution in [-0.4, -0.2) is 39.3 Å². The van der Waals surface area contributed by atoms with Gasteiger partial charge in [0.15, 0.2) is 0 Å². The van der Waals surface area contributed by atoms with Crippen molar-refractivity contribution in [1.82, 2.24) is 9.88 Å². The normalized spacial score (nSPS) is 18.7. The van der Waals surface area contributed by atoms with Gasteiger partial charge >= 0.3 is 5.97 Å². The van der Waals surface area contributed by atoms with E-state index in [1.165, 1.54) is 30.9 Å². The number of carboxylic acids is 1. The average Bonchev–Trinajstić information content (AvgIpc) is 3.77. The quantitative estimate of drug-likeness (QED) is 0.143. The molecule has 2 fully saturated rings. The number of aldehydes is 1. The van der Waals surface area contributed by atoms with Crippen LogP contribution in [0.4, 0.5) is 5.69 Å². The van der Waals surface area contributed by atoms with Crippen molar-refractivity contribution in [3.63, 3.8) is 0 Å². The molecule has 0 radical (unpaired) electrons. The van der Waals surface area contributed by atoms with Gasteiger partial charge in [-0.25, -0.2) is 4.79 Å². The first kappa shape index (κ1) is 29.7. The first-order chi connectivity index (χ1) is 22.4. The van der Waals surface area contributed by atoms with Gasteiger partial charge in [0.2, 0.25) is 5.91 Å². The molecule has 0 bridgehead atoms. The maximum Gasteiger partial charge on any atom is 0.328 e. The van der Waals surface area contributed by atoms with Crippen LogP contribution in [0.5, 0.6) is 0 Å². The van der Waals surface area contributed by atoms with Crippen molar-refractivity contribution >= 4 is 46.7 Å². The third-order valence-corrected chi connectivity index (χ3v) is 10.1. The molecule has 1 aliphatic heterocycles. The van der Waals surface area contributed by atoms with Gasteiger partial charge in [0.25, 0.3) is 5.91 Å². The summed E-state index contributed by atoms with van der Waals surface area (Å²) in [7, 11) is 0. The standard InChI is InChI=1S/C38H37N3O5/c42-23-32-28-10-4-5-11-29(28)35-34(25-8-2-1-3-9-25)30-18-15-26(22-31(30)41(32)35)36(45)40-38(20-6-7-21-38)37(46)39-27-16-12-24(13-17-27)14-19-33(43)44/h4-5,10-19,22-23,25,32H,1-3,6-9,20-21H2,(H,39,46)(H,40,45)(H,43,44)/b19-14+. The first-order valence-corrected chi connectivity index (χ1v) is 16.3. The van der Waals surface area contributed by atoms with E-state index in [0.29, 0.717) is 35.6 Å². The second kappa shape index (κ2) is 12.1. The molecule has 1 atom stereocenters. The smallest absolute Gasteiger partial charge is 0.328 e. The van der Waals surface area contributed by atoms with Crippen LogP contribution in [-0.2, 0) is 14.4 Å². The van der Waals surface area contributed by atoms with E-state index in [9.17, 15) is 19.2 Å². The zero-order valence-corrected chi connectivity index (χ0v) is 25.6. The van der Waals surface area contributed by atoms with E-state index in [1.54, 1.807) is 24.3 Å². The fraction of sp³-hybridized carbons (Fsp3) is 0.316. The fourth-order valence-corrected chi connectivity index (χ4v) is 7.86. The van der Waals surface area contributed by atoms with Gasteiger partial charge in [0, 0.05) is 28.3 Å². The lowest BCUT2D eigenvalue weighted by Crippen LogP contribution is -2.55. The molecule has 46 heavy (non-hydrogen) atoms. The van der Waals surface area contributed by atoms with Crippen molar-refractivity contribution in [2.75, 3.05) is 5.32 Å². The highest BCUT2D eigenvalue weighted by atomic mass is 16.4. The van der Waals surface area contributed by atoms with E-state index < -0.39 is 17.6 Å². The summed E-state index contributed by atoms with van der Waals surface area (Å²) in [5, 5.41) is 16.0. The monoisotopic (exact) mass is 615 g/mol. The molecule has 2 amide bonds. The van der Waals surface area contributed by atoms with Crippen LogP contribution in [0.25, 0.3) is 28.2 Å². The summed E-state index contributed by atoms with van der Waals surface area (Å²) in [6.45, 7) is 0. The molecule has 1 aromatic heterocycles. The SMILES string of the molecule is O=CC1c2ccccc2-c2c(C3CCCCC3)c3ccc(C(=O)NC4(C(=O)Nc5ccc(/C=C/C(=O)O)cc5)CCCC4)cc3n21. The topological polar surface area (TPSA) is 118 Å². The number of aromatic nitrogens is 1. The number of hydrogen-bond donors (Lipinski definition) is 3. The maximum absolute atomic E-state index is 13.9. The molecular weight excluding hydrogens is 578 g/mol. The molecule has 3 aliphatic rings. The number of nitrogens with one attached hydrogen (secondary N) is 2. The molecule has 3 N–H and O–H groups in total. The van der Waals surface area contributed by atoms with Crippen LogP contribution < -0.4 is 10.6 Å². The van der Waals surface area contributed by atoms with Gasteiger partial charge < -0.3 is 25.1 Å². The van der Waals surface area contributed by atoms with Crippen LogP contribution in [0.3, 0.4) is 0 Å². The summed E-state index contributed by atoms with van der Waals surface area (Å²) in [5.74, 6) is -1.22. The number of carbonyl (C=O) groups excluding carboxylic acids is 3. The number of nitrogens with zero attached hydrogens (tertiary/aromatic N) is 1. The number of benzene rings is 3. The summed E-state index contributed by atoms with van der Waals surface area (Å²) in [4.78, 5) is 51.0. The Hall–Kier alpha value is -4.98. The molecule has 3 aromatic carbocycles. The predicted molar refractivity (Wildman–Crippen MR) is 178 cm³/mol. The van der Waals surface area contributed by atoms with Gasteiger partial charge in [-0.05, 0) is 78.6 Å². The number of fused-ring (bicyclic) bond motifs is 5. The van der Waals surface area contributed by atoms with Crippen LogP contribution in [0.2, 0.25) is 0 Å². The molecule has 234 valence electrons. The molecule has 0 saturated heterocycles. The Balaban J connectivity index is 1.20. The van der Waals surface area contributed by atoms with E-state index in [1.807, 2.05) is 36.4 Å². The van der Waals surface area contributed by atoms with Crippen molar-refractivity contribution in [3.05, 3.63) is 95.1 Å². The maximum atomic E-state index is 13.9. The number of aliphatic carboxylic acids is 1. The minimum absolute atomic E-state index is 0.270. The Morgan fingerprint density at radius 1 is 0.891 bits per heavy atom. The Labute approximate surface area is 267 Å². The van der Waals surface area contributed by atoms with E-state index >= 15 is 0 Å². The number of carboxylic acid groups (broad SMARTS) is 1. The lowest BCUT2D eigenvalue weighted by atomic mass is 9.81. The number of rotatable bonds is 8. The second-order valence-corrected chi connectivity index (χ2v) is 12.9. The predicted octanol–water partition coefficient (Wildman–Crippen LogP) is 7.24. The molecule has 8 heteroatoms. The number of amides is 2. The van der Waals surface area contributed by atoms with Crippen molar-refractivity contribution in [2.24, 2.45) is 0 Å². The van der Waals surface area contributed by atoms with Crippen LogP contribution in [0.1, 0.15) is 96.8 Å². The summed E-state index contributed by atoms with van der Waals surface area (Å²) in [5.41, 5.74) is 6.02. The van der Waals surface area contributed by atoms with Gasteiger partial charge in [-0.3, -0.25) is 9.59 Å². The van der Waals surface area contributed by atoms with Crippen molar-refractivity contribution in [2.45, 2.75) is 75.3 Å². The van der Waals surface area contributed by atoms with Crippen LogP contribution in [0.15, 0.2) is 72.8 Å². The van der Waals surface area contributed by atoms with Gasteiger partial charge in [0.05, 0.1) is 11.2 Å². The molecule has 8 nitrogen and oxygen atoms in total. The summed E-state index contributed by atoms with van der Waals surface area (Å²) in [6.07, 6.45) is 12.1. The average molecular weight is 616 g/mol. The molecule has 1 unspecified atom stereocenters. The fourth-order valence-electron chi connectivity index (χ4n) is 7.86. The number of carbonyl (C=O) groups is 4. The molecule has 0 spiro atoms. The third-order valence-electron chi connectivity index (χ3n) is 10.1. The Morgan fingerprint density at radius 3 is 2.35 bits per heavy atom. The van der Waals surface area contributed by atoms with Gasteiger partial charge in [-0.15, -0.1) is 0 Å². The summed E-state index contributed by atoms with van der Waals surface area (Å²) < 4.78 is 2.13. The third kappa shape index (κ3) is 5.21. The molecule has 7 rings (SSSR count). The first-order valence-electron chi connectivity index (χ1n) is 16.3. The minimum Gasteiger partial charge on any atom is -0.478 e. The molecule has 2 aliphatic carbocycles. The minimum atomic E-state index is -1.05. The molecule has 2 heterocycles. The Morgan fingerprint density at radius 2 is 1.63 bits per heavy atom. The number of anilines is 1. The van der Waals surface area contributed by atoms with Crippen LogP contribution in [0, 0.1) is 0 Å². The van der Waals surface area contributed by atoms with Gasteiger partial charge in [-0.1, -0.05) is 74.6 Å². The lowest BCUT2D eigenvalue weighted by molar-refractivity contribution is -0.131. The Bertz CT molecular complexity index is 1870. The van der Waals surface area contributed by atoms with Crippen molar-refractivity contribution < 1.29 is 24.3 Å². The van der Waals surface area contributed by atoms with Gasteiger partial charge in [-0.2, -0.15) is 0 Å². The summed E-state index contributed by atoms with van der Waals surface area (Å²) >= 11 is 0. The number of hydrogen-bond acceptors (Lipinski definition) is 4. The molecule has 2 saturated carbocycles. The Kier molecular flexibility index (Phi) is 7.80. The summed E-state index contributed by atoms with van der Waals surface area (Å²) in [6, 6.07) is 20.3. The highest BCUT2D eigenvalue weighted by Crippen LogP contribution is 2.50. The second-order valence-electron chi connectivity index (χ2n) is 12.9. The highest BCUT2D eigenvalue weighted by Gasteiger charge is 2.43. The zero-order valence-electron chi connectivity index (χ0n) is 25.6. The van der Waals surface area contributed by atoms with E-state index in [4.69, 9.17) is 5.11 Å². The van der Waals surface area contributed by atoms with Crippen molar-refractivity contribution in [1.29, 1.82) is 0 Å². The molecule has 4 aromatic rings. The highest BCUT2D eigenvalue weighted by molar-refractivity contribution is 6.06. The van der Waals surface area contributed by atoms with Crippen molar-refractivity contribution in [3.8, 4) is 11.3 Å². The van der Waals surface area contributed by atoms with Gasteiger partial charge in [0.1, 0.15) is 17.9 Å². The zero-order chi connectivity index (χ0) is 31.8. The molecular formula is C38H37N3O5. The van der Waals surface area contributed by atoms with E-state index in [0.717, 1.165) is 65.8 Å². The largest absolute Gasteiger partial charge is 0.478 e. The van der Waals surface area contributed by atoms with E-state index in [2.05, 4.69) is 21.3 Å².